The zero-order chi connectivity index (χ0) is 19.4. The van der Waals surface area contributed by atoms with Crippen molar-refractivity contribution in [2.75, 3.05) is 26.2 Å². The Kier molecular flexibility index (Phi) is 7.09. The average molecular weight is 398 g/mol. The van der Waals surface area contributed by atoms with Crippen LogP contribution in [0.1, 0.15) is 38.2 Å². The van der Waals surface area contributed by atoms with Crippen molar-refractivity contribution in [1.29, 1.82) is 0 Å². The number of halogens is 2. The second-order valence-corrected chi connectivity index (χ2v) is 8.10. The van der Waals surface area contributed by atoms with Gasteiger partial charge in [-0.3, -0.25) is 14.6 Å². The first kappa shape index (κ1) is 20.5. The number of carboxylic acid groups (broad SMARTS) is 1. The molecular weight excluding hydrogens is 369 g/mol. The van der Waals surface area contributed by atoms with E-state index in [1.165, 1.54) is 6.07 Å². The SMILES string of the molecule is CCN(CC(=O)O)C1CC(NC2CCN(Cc3c(F)cccc3Cl)CC2)C1. The number of hydrogen-bond donors (Lipinski definition) is 2. The van der Waals surface area contributed by atoms with Crippen LogP contribution in [0.25, 0.3) is 0 Å². The zero-order valence-corrected chi connectivity index (χ0v) is 16.6. The fourth-order valence-corrected chi connectivity index (χ4v) is 4.42. The maximum Gasteiger partial charge on any atom is 0.317 e. The minimum atomic E-state index is -0.754. The highest BCUT2D eigenvalue weighted by Crippen LogP contribution is 2.28. The average Bonchev–Trinajstić information content (AvgIpc) is 2.60. The molecule has 5 nitrogen and oxygen atoms in total. The van der Waals surface area contributed by atoms with Gasteiger partial charge in [-0.05, 0) is 57.5 Å². The second kappa shape index (κ2) is 9.32. The molecule has 1 aliphatic heterocycles. The molecule has 2 fully saturated rings. The smallest absolute Gasteiger partial charge is 0.317 e. The Balaban J connectivity index is 1.39. The zero-order valence-electron chi connectivity index (χ0n) is 15.8. The number of benzene rings is 1. The summed E-state index contributed by atoms with van der Waals surface area (Å²) in [7, 11) is 0. The number of nitrogens with zero attached hydrogens (tertiary/aromatic N) is 2. The fraction of sp³-hybridized carbons (Fsp3) is 0.650. The van der Waals surface area contributed by atoms with Gasteiger partial charge >= 0.3 is 5.97 Å². The Labute approximate surface area is 165 Å². The molecule has 0 bridgehead atoms. The number of likely N-dealkylation sites (tertiary alicyclic amines) is 1. The number of rotatable bonds is 8. The first-order valence-electron chi connectivity index (χ1n) is 9.83. The topological polar surface area (TPSA) is 55.8 Å². The molecule has 2 aliphatic rings. The summed E-state index contributed by atoms with van der Waals surface area (Å²) in [6.07, 6.45) is 4.12. The van der Waals surface area contributed by atoms with E-state index in [1.54, 1.807) is 12.1 Å². The maximum atomic E-state index is 14.0. The van der Waals surface area contributed by atoms with Crippen molar-refractivity contribution in [3.8, 4) is 0 Å². The summed E-state index contributed by atoms with van der Waals surface area (Å²) in [6, 6.07) is 6.19. The van der Waals surface area contributed by atoms with Crippen LogP contribution in [0, 0.1) is 5.82 Å². The van der Waals surface area contributed by atoms with Crippen molar-refractivity contribution in [3.05, 3.63) is 34.6 Å². The van der Waals surface area contributed by atoms with Gasteiger partial charge < -0.3 is 10.4 Å². The molecule has 1 saturated carbocycles. The Morgan fingerprint density at radius 2 is 2.04 bits per heavy atom. The van der Waals surface area contributed by atoms with E-state index in [0.29, 0.717) is 35.3 Å². The van der Waals surface area contributed by atoms with Gasteiger partial charge in [-0.1, -0.05) is 24.6 Å². The lowest BCUT2D eigenvalue weighted by atomic mass is 9.84. The monoisotopic (exact) mass is 397 g/mol. The predicted molar refractivity (Wildman–Crippen MR) is 105 cm³/mol. The summed E-state index contributed by atoms with van der Waals surface area (Å²) in [5, 5.41) is 13.2. The van der Waals surface area contributed by atoms with Gasteiger partial charge in [0.25, 0.3) is 0 Å². The molecule has 1 aliphatic carbocycles. The van der Waals surface area contributed by atoms with Crippen molar-refractivity contribution in [3.63, 3.8) is 0 Å². The highest BCUT2D eigenvalue weighted by Gasteiger charge is 2.35. The van der Waals surface area contributed by atoms with Crippen LogP contribution in [0.4, 0.5) is 4.39 Å². The Hall–Kier alpha value is -1.21. The number of hydrogen-bond acceptors (Lipinski definition) is 4. The van der Waals surface area contributed by atoms with Crippen molar-refractivity contribution in [2.45, 2.75) is 57.3 Å². The van der Waals surface area contributed by atoms with E-state index in [4.69, 9.17) is 16.7 Å². The summed E-state index contributed by atoms with van der Waals surface area (Å²) in [5.41, 5.74) is 0.588. The number of carboxylic acids is 1. The van der Waals surface area contributed by atoms with E-state index >= 15 is 0 Å². The van der Waals surface area contributed by atoms with E-state index in [1.807, 2.05) is 11.8 Å². The van der Waals surface area contributed by atoms with Crippen molar-refractivity contribution in [1.82, 2.24) is 15.1 Å². The molecule has 7 heteroatoms. The normalized spacial score (nSPS) is 24.1. The molecule has 1 aromatic rings. The number of carbonyl (C=O) groups is 1. The van der Waals surface area contributed by atoms with Crippen LogP contribution in [0.3, 0.4) is 0 Å². The van der Waals surface area contributed by atoms with Gasteiger partial charge in [0.1, 0.15) is 5.82 Å². The summed E-state index contributed by atoms with van der Waals surface area (Å²) in [4.78, 5) is 15.2. The van der Waals surface area contributed by atoms with Crippen LogP contribution in [0.5, 0.6) is 0 Å². The summed E-state index contributed by atoms with van der Waals surface area (Å²) in [6.45, 7) is 5.34. The van der Waals surface area contributed by atoms with Gasteiger partial charge in [0, 0.05) is 35.3 Å². The minimum Gasteiger partial charge on any atom is -0.480 e. The third-order valence-corrected chi connectivity index (χ3v) is 6.23. The summed E-state index contributed by atoms with van der Waals surface area (Å²) >= 11 is 6.14. The van der Waals surface area contributed by atoms with Crippen LogP contribution in [0.2, 0.25) is 5.02 Å². The quantitative estimate of drug-likeness (QED) is 0.706. The van der Waals surface area contributed by atoms with Gasteiger partial charge in [-0.2, -0.15) is 0 Å². The van der Waals surface area contributed by atoms with Crippen LogP contribution < -0.4 is 5.32 Å². The largest absolute Gasteiger partial charge is 0.480 e. The van der Waals surface area contributed by atoms with Gasteiger partial charge in [-0.15, -0.1) is 0 Å². The molecule has 27 heavy (non-hydrogen) atoms. The third kappa shape index (κ3) is 5.41. The number of piperidine rings is 1. The van der Waals surface area contributed by atoms with Crippen LogP contribution in [0.15, 0.2) is 18.2 Å². The molecule has 0 radical (unpaired) electrons. The first-order chi connectivity index (χ1) is 13.0. The molecule has 1 saturated heterocycles. The van der Waals surface area contributed by atoms with Gasteiger partial charge in [0.05, 0.1) is 6.54 Å². The number of nitrogens with one attached hydrogen (secondary N) is 1. The molecule has 1 heterocycles. The lowest BCUT2D eigenvalue weighted by Crippen LogP contribution is -2.56. The van der Waals surface area contributed by atoms with Crippen molar-refractivity contribution >= 4 is 17.6 Å². The molecular formula is C20H29ClFN3O2. The maximum absolute atomic E-state index is 14.0. The standard InChI is InChI=1S/C20H29ClFN3O2/c1-2-25(13-20(26)27)16-10-15(11-16)23-14-6-8-24(9-7-14)12-17-18(21)4-3-5-19(17)22/h3-5,14-16,23H,2,6-13H2,1H3,(H,26,27). The molecule has 3 rings (SSSR count). The third-order valence-electron chi connectivity index (χ3n) is 5.88. The minimum absolute atomic E-state index is 0.130. The van der Waals surface area contributed by atoms with E-state index in [0.717, 1.165) is 45.3 Å². The molecule has 150 valence electrons. The van der Waals surface area contributed by atoms with Gasteiger partial charge in [-0.25, -0.2) is 4.39 Å². The number of aliphatic carboxylic acids is 1. The molecule has 2 N–H and O–H groups in total. The Bertz CT molecular complexity index is 626. The van der Waals surface area contributed by atoms with Crippen LogP contribution in [-0.2, 0) is 11.3 Å². The van der Waals surface area contributed by atoms with E-state index in [-0.39, 0.29) is 12.4 Å². The first-order valence-corrected chi connectivity index (χ1v) is 10.2. The Morgan fingerprint density at radius 1 is 1.33 bits per heavy atom. The van der Waals surface area contributed by atoms with Crippen molar-refractivity contribution < 1.29 is 14.3 Å². The lowest BCUT2D eigenvalue weighted by molar-refractivity contribution is -0.139. The molecule has 1 aromatic carbocycles. The predicted octanol–water partition coefficient (Wildman–Crippen LogP) is 2.97. The molecule has 0 amide bonds. The highest BCUT2D eigenvalue weighted by molar-refractivity contribution is 6.31. The summed E-state index contributed by atoms with van der Waals surface area (Å²) in [5.74, 6) is -0.985. The van der Waals surface area contributed by atoms with E-state index < -0.39 is 5.97 Å². The molecule has 0 aromatic heterocycles. The highest BCUT2D eigenvalue weighted by atomic mass is 35.5. The molecule has 0 spiro atoms. The van der Waals surface area contributed by atoms with Crippen molar-refractivity contribution in [2.24, 2.45) is 0 Å². The second-order valence-electron chi connectivity index (χ2n) is 7.70. The van der Waals surface area contributed by atoms with Gasteiger partial charge in [0.2, 0.25) is 0 Å². The Morgan fingerprint density at radius 3 is 2.63 bits per heavy atom. The van der Waals surface area contributed by atoms with E-state index in [9.17, 15) is 9.18 Å². The lowest BCUT2D eigenvalue weighted by Gasteiger charge is -2.45. The van der Waals surface area contributed by atoms with Crippen LogP contribution >= 0.6 is 11.6 Å². The fourth-order valence-electron chi connectivity index (χ4n) is 4.19. The van der Waals surface area contributed by atoms with E-state index in [2.05, 4.69) is 10.2 Å². The van der Waals surface area contributed by atoms with Gasteiger partial charge in [0.15, 0.2) is 0 Å². The van der Waals surface area contributed by atoms with Crippen LogP contribution in [-0.4, -0.2) is 65.2 Å². The molecule has 0 atom stereocenters. The number of likely N-dealkylation sites (N-methyl/N-ethyl adjacent to an activating group) is 1. The summed E-state index contributed by atoms with van der Waals surface area (Å²) < 4.78 is 14.0. The molecule has 0 unspecified atom stereocenters.